The Morgan fingerprint density at radius 3 is 3.09 bits per heavy atom. The molecule has 0 fully saturated rings. The van der Waals surface area contributed by atoms with E-state index in [-0.39, 0.29) is 6.10 Å². The maximum atomic E-state index is 5.50. The van der Waals surface area contributed by atoms with Gasteiger partial charge in [0.2, 0.25) is 0 Å². The maximum Gasteiger partial charge on any atom is 0.181 e. The minimum absolute atomic E-state index is 0.214. The number of nitrogens with zero attached hydrogens (tertiary/aromatic N) is 1. The standard InChI is InChI=1S/C9H15NO/c1-4-9-5-6-10-8(3)11-7(9)2/h5,7H,4,6H2,1-3H3/t7-/m1/s1. The zero-order chi connectivity index (χ0) is 8.27. The molecule has 0 N–H and O–H groups in total. The highest BCUT2D eigenvalue weighted by Crippen LogP contribution is 2.13. The second-order valence-corrected chi connectivity index (χ2v) is 2.75. The van der Waals surface area contributed by atoms with E-state index in [9.17, 15) is 0 Å². The third-order valence-electron chi connectivity index (χ3n) is 1.95. The van der Waals surface area contributed by atoms with E-state index in [0.29, 0.717) is 0 Å². The Balaban J connectivity index is 2.67. The molecule has 1 aliphatic heterocycles. The molecule has 0 unspecified atom stereocenters. The number of hydrogen-bond acceptors (Lipinski definition) is 2. The highest BCUT2D eigenvalue weighted by atomic mass is 16.5. The summed E-state index contributed by atoms with van der Waals surface area (Å²) < 4.78 is 5.50. The van der Waals surface area contributed by atoms with Crippen molar-refractivity contribution >= 4 is 5.90 Å². The van der Waals surface area contributed by atoms with Crippen molar-refractivity contribution in [3.8, 4) is 0 Å². The summed E-state index contributed by atoms with van der Waals surface area (Å²) in [6.07, 6.45) is 3.43. The van der Waals surface area contributed by atoms with Crippen LogP contribution in [0.15, 0.2) is 16.6 Å². The summed E-state index contributed by atoms with van der Waals surface area (Å²) in [4.78, 5) is 4.19. The first-order valence-electron chi connectivity index (χ1n) is 4.10. The van der Waals surface area contributed by atoms with Gasteiger partial charge in [-0.1, -0.05) is 13.0 Å². The Morgan fingerprint density at radius 1 is 1.73 bits per heavy atom. The van der Waals surface area contributed by atoms with Gasteiger partial charge in [-0.15, -0.1) is 0 Å². The van der Waals surface area contributed by atoms with Crippen LogP contribution in [0.25, 0.3) is 0 Å². The van der Waals surface area contributed by atoms with Gasteiger partial charge in [0.05, 0.1) is 6.54 Å². The van der Waals surface area contributed by atoms with Crippen LogP contribution in [0, 0.1) is 0 Å². The lowest BCUT2D eigenvalue weighted by molar-refractivity contribution is 0.240. The van der Waals surface area contributed by atoms with Gasteiger partial charge in [0.25, 0.3) is 0 Å². The molecule has 1 atom stereocenters. The first kappa shape index (κ1) is 8.31. The third kappa shape index (κ3) is 2.07. The van der Waals surface area contributed by atoms with Crippen LogP contribution in [0.4, 0.5) is 0 Å². The van der Waals surface area contributed by atoms with Crippen molar-refractivity contribution < 1.29 is 4.74 Å². The van der Waals surface area contributed by atoms with Gasteiger partial charge < -0.3 is 4.74 Å². The molecule has 1 heterocycles. The van der Waals surface area contributed by atoms with Crippen molar-refractivity contribution in [3.63, 3.8) is 0 Å². The highest BCUT2D eigenvalue weighted by molar-refractivity contribution is 5.74. The first-order valence-corrected chi connectivity index (χ1v) is 4.10. The predicted molar refractivity (Wildman–Crippen MR) is 46.9 cm³/mol. The molecule has 1 aliphatic rings. The fourth-order valence-corrected chi connectivity index (χ4v) is 1.26. The molecule has 11 heavy (non-hydrogen) atoms. The van der Waals surface area contributed by atoms with E-state index in [4.69, 9.17) is 4.74 Å². The maximum absolute atomic E-state index is 5.50. The monoisotopic (exact) mass is 153 g/mol. The molecule has 0 aromatic heterocycles. The smallest absolute Gasteiger partial charge is 0.181 e. The van der Waals surface area contributed by atoms with E-state index < -0.39 is 0 Å². The Morgan fingerprint density at radius 2 is 2.45 bits per heavy atom. The lowest BCUT2D eigenvalue weighted by Gasteiger charge is -2.13. The van der Waals surface area contributed by atoms with Crippen LogP contribution in [0.3, 0.4) is 0 Å². The summed E-state index contributed by atoms with van der Waals surface area (Å²) in [5.74, 6) is 0.803. The largest absolute Gasteiger partial charge is 0.474 e. The second kappa shape index (κ2) is 3.56. The minimum atomic E-state index is 0.214. The van der Waals surface area contributed by atoms with E-state index >= 15 is 0 Å². The normalized spacial score (nSPS) is 24.8. The molecule has 0 aromatic carbocycles. The van der Waals surface area contributed by atoms with Gasteiger partial charge >= 0.3 is 0 Å². The van der Waals surface area contributed by atoms with Gasteiger partial charge in [0.1, 0.15) is 6.10 Å². The summed E-state index contributed by atoms with van der Waals surface area (Å²) in [5.41, 5.74) is 1.35. The zero-order valence-electron chi connectivity index (χ0n) is 7.42. The van der Waals surface area contributed by atoms with Gasteiger partial charge in [0.15, 0.2) is 5.90 Å². The SMILES string of the molecule is CCC1=CCN=C(C)O[C@@H]1C. The number of rotatable bonds is 1. The Kier molecular flexibility index (Phi) is 2.69. The Labute approximate surface area is 68.0 Å². The quantitative estimate of drug-likeness (QED) is 0.529. The topological polar surface area (TPSA) is 21.6 Å². The summed E-state index contributed by atoms with van der Waals surface area (Å²) >= 11 is 0. The molecule has 0 saturated carbocycles. The number of hydrogen-bond donors (Lipinski definition) is 0. The molecule has 0 amide bonds. The van der Waals surface area contributed by atoms with Gasteiger partial charge in [-0.05, 0) is 18.9 Å². The van der Waals surface area contributed by atoms with Crippen LogP contribution in [-0.2, 0) is 4.74 Å². The third-order valence-corrected chi connectivity index (χ3v) is 1.95. The minimum Gasteiger partial charge on any atom is -0.474 e. The summed E-state index contributed by atoms with van der Waals surface area (Å²) in [6, 6.07) is 0. The molecule has 0 spiro atoms. The molecule has 0 aromatic rings. The van der Waals surface area contributed by atoms with Crippen molar-refractivity contribution in [3.05, 3.63) is 11.6 Å². The molecule has 2 heteroatoms. The molecule has 0 bridgehead atoms. The number of ether oxygens (including phenoxy) is 1. The van der Waals surface area contributed by atoms with E-state index in [1.165, 1.54) is 5.57 Å². The van der Waals surface area contributed by atoms with Gasteiger partial charge in [-0.25, -0.2) is 0 Å². The Bertz CT molecular complexity index is 194. The first-order chi connectivity index (χ1) is 5.24. The average Bonchev–Trinajstić information content (AvgIpc) is 2.11. The van der Waals surface area contributed by atoms with Gasteiger partial charge in [0, 0.05) is 6.92 Å². The molecular formula is C9H15NO. The molecule has 2 nitrogen and oxygen atoms in total. The van der Waals surface area contributed by atoms with E-state index in [2.05, 4.69) is 24.9 Å². The van der Waals surface area contributed by atoms with Crippen molar-refractivity contribution in [2.75, 3.05) is 6.54 Å². The molecule has 0 aliphatic carbocycles. The fourth-order valence-electron chi connectivity index (χ4n) is 1.26. The highest BCUT2D eigenvalue weighted by Gasteiger charge is 2.10. The lowest BCUT2D eigenvalue weighted by Crippen LogP contribution is -2.13. The van der Waals surface area contributed by atoms with Crippen LogP contribution in [-0.4, -0.2) is 18.5 Å². The molecule has 0 radical (unpaired) electrons. The number of aliphatic imine (C=N–C) groups is 1. The van der Waals surface area contributed by atoms with Crippen LogP contribution >= 0.6 is 0 Å². The molecular weight excluding hydrogens is 138 g/mol. The van der Waals surface area contributed by atoms with Crippen molar-refractivity contribution in [1.29, 1.82) is 0 Å². The fraction of sp³-hybridized carbons (Fsp3) is 0.667. The zero-order valence-corrected chi connectivity index (χ0v) is 7.42. The average molecular weight is 153 g/mol. The summed E-state index contributed by atoms with van der Waals surface area (Å²) in [7, 11) is 0. The van der Waals surface area contributed by atoms with E-state index in [1.54, 1.807) is 0 Å². The molecule has 1 rings (SSSR count). The summed E-state index contributed by atoms with van der Waals surface area (Å²) in [6.45, 7) is 6.90. The van der Waals surface area contributed by atoms with Crippen molar-refractivity contribution in [2.45, 2.75) is 33.3 Å². The predicted octanol–water partition coefficient (Wildman–Crippen LogP) is 2.16. The van der Waals surface area contributed by atoms with Crippen LogP contribution in [0.2, 0.25) is 0 Å². The Hall–Kier alpha value is -0.790. The van der Waals surface area contributed by atoms with Gasteiger partial charge in [-0.2, -0.15) is 0 Å². The lowest BCUT2D eigenvalue weighted by atomic mass is 10.1. The van der Waals surface area contributed by atoms with Crippen molar-refractivity contribution in [2.24, 2.45) is 4.99 Å². The van der Waals surface area contributed by atoms with E-state index in [1.807, 2.05) is 6.92 Å². The van der Waals surface area contributed by atoms with Crippen LogP contribution in [0.1, 0.15) is 27.2 Å². The second-order valence-electron chi connectivity index (χ2n) is 2.75. The van der Waals surface area contributed by atoms with Gasteiger partial charge in [-0.3, -0.25) is 4.99 Å². The molecule has 62 valence electrons. The van der Waals surface area contributed by atoms with Crippen LogP contribution in [0.5, 0.6) is 0 Å². The molecule has 0 saturated heterocycles. The summed E-state index contributed by atoms with van der Waals surface area (Å²) in [5, 5.41) is 0. The van der Waals surface area contributed by atoms with Crippen molar-refractivity contribution in [1.82, 2.24) is 0 Å². The van der Waals surface area contributed by atoms with E-state index in [0.717, 1.165) is 18.9 Å². The van der Waals surface area contributed by atoms with Crippen LogP contribution < -0.4 is 0 Å².